The van der Waals surface area contributed by atoms with E-state index in [0.717, 1.165) is 29.7 Å². The van der Waals surface area contributed by atoms with Gasteiger partial charge in [0.2, 0.25) is 5.95 Å². The van der Waals surface area contributed by atoms with Crippen molar-refractivity contribution in [2.75, 3.05) is 11.9 Å². The van der Waals surface area contributed by atoms with Gasteiger partial charge in [0, 0.05) is 17.8 Å². The summed E-state index contributed by atoms with van der Waals surface area (Å²) < 4.78 is 1.70. The Kier molecular flexibility index (Phi) is 3.41. The van der Waals surface area contributed by atoms with Crippen molar-refractivity contribution in [3.63, 3.8) is 0 Å². The second-order valence-corrected chi connectivity index (χ2v) is 5.93. The van der Waals surface area contributed by atoms with Crippen LogP contribution in [0.25, 0.3) is 0 Å². The number of nitrogens with zero attached hydrogens (tertiary/aromatic N) is 5. The molecule has 0 saturated heterocycles. The van der Waals surface area contributed by atoms with Gasteiger partial charge in [0.1, 0.15) is 11.7 Å². The number of rotatable bonds is 4. The van der Waals surface area contributed by atoms with Crippen LogP contribution in [0.3, 0.4) is 0 Å². The topological polar surface area (TPSA) is 75.9 Å². The van der Waals surface area contributed by atoms with E-state index < -0.39 is 0 Å². The van der Waals surface area contributed by atoms with E-state index in [1.54, 1.807) is 9.58 Å². The molecule has 1 aromatic carbocycles. The lowest BCUT2D eigenvalue weighted by atomic mass is 9.95. The highest BCUT2D eigenvalue weighted by Crippen LogP contribution is 2.43. The monoisotopic (exact) mass is 322 g/mol. The van der Waals surface area contributed by atoms with Gasteiger partial charge < -0.3 is 10.2 Å². The number of hydrogen-bond donors (Lipinski definition) is 1. The first-order chi connectivity index (χ1) is 11.7. The molecule has 7 heteroatoms. The Labute approximate surface area is 139 Å². The van der Waals surface area contributed by atoms with Gasteiger partial charge in [0.15, 0.2) is 0 Å². The molecule has 0 aliphatic carbocycles. The molecule has 122 valence electrons. The van der Waals surface area contributed by atoms with Gasteiger partial charge in [0.05, 0.1) is 0 Å². The first-order valence-corrected chi connectivity index (χ1v) is 8.07. The second kappa shape index (κ2) is 5.59. The molecule has 4 rings (SSSR count). The van der Waals surface area contributed by atoms with Crippen LogP contribution in [0.5, 0.6) is 0 Å². The van der Waals surface area contributed by atoms with Crippen molar-refractivity contribution in [1.29, 1.82) is 0 Å². The minimum atomic E-state index is -0.254. The molecule has 1 atom stereocenters. The van der Waals surface area contributed by atoms with Gasteiger partial charge >= 0.3 is 0 Å². The van der Waals surface area contributed by atoms with Gasteiger partial charge in [-0.1, -0.05) is 55.4 Å². The maximum Gasteiger partial charge on any atom is 0.275 e. The number of benzene rings is 1. The molecule has 2 aromatic rings. The molecule has 0 saturated carbocycles. The maximum absolute atomic E-state index is 12.8. The first-order valence-electron chi connectivity index (χ1n) is 8.07. The summed E-state index contributed by atoms with van der Waals surface area (Å²) in [6.07, 6.45) is 1.95. The Bertz CT molecular complexity index is 838. The van der Waals surface area contributed by atoms with Crippen LogP contribution in [0.2, 0.25) is 0 Å². The van der Waals surface area contributed by atoms with Crippen LogP contribution in [-0.2, 0) is 4.79 Å². The second-order valence-electron chi connectivity index (χ2n) is 5.93. The normalized spacial score (nSPS) is 19.4. The van der Waals surface area contributed by atoms with Crippen molar-refractivity contribution in [2.45, 2.75) is 25.8 Å². The third-order valence-corrected chi connectivity index (χ3v) is 4.46. The van der Waals surface area contributed by atoms with Crippen molar-refractivity contribution in [3.05, 3.63) is 59.4 Å². The fourth-order valence-electron chi connectivity index (χ4n) is 3.26. The first kappa shape index (κ1) is 14.6. The molecule has 24 heavy (non-hydrogen) atoms. The van der Waals surface area contributed by atoms with Gasteiger partial charge in [0.25, 0.3) is 5.91 Å². The van der Waals surface area contributed by atoms with Crippen LogP contribution in [0.15, 0.2) is 53.9 Å². The number of anilines is 1. The van der Waals surface area contributed by atoms with Gasteiger partial charge in [-0.3, -0.25) is 4.79 Å². The smallest absolute Gasteiger partial charge is 0.275 e. The minimum absolute atomic E-state index is 0.0568. The number of carbonyl (C=O) groups is 1. The standard InChI is InChI=1S/C17H18N6O/c1-3-4-10-22-11(2)13-14(16(22)24)18-17-19-20-21-23(17)15(13)12-8-6-5-7-9-12/h5-9,15H,2-4,10H2,1H3,(H,18,19,21)/t15-/m1/s1. The molecular formula is C17H18N6O. The number of carbonyl (C=O) groups excluding carboxylic acids is 1. The minimum Gasteiger partial charge on any atom is -0.318 e. The largest absolute Gasteiger partial charge is 0.318 e. The Morgan fingerprint density at radius 1 is 1.29 bits per heavy atom. The summed E-state index contributed by atoms with van der Waals surface area (Å²) in [5.41, 5.74) is 3.13. The van der Waals surface area contributed by atoms with Crippen molar-refractivity contribution in [1.82, 2.24) is 25.1 Å². The van der Waals surface area contributed by atoms with Crippen LogP contribution in [-0.4, -0.2) is 37.6 Å². The molecule has 2 aliphatic rings. The summed E-state index contributed by atoms with van der Waals surface area (Å²) in [6.45, 7) is 6.95. The Morgan fingerprint density at radius 2 is 2.08 bits per heavy atom. The van der Waals surface area contributed by atoms with Crippen molar-refractivity contribution < 1.29 is 4.79 Å². The van der Waals surface area contributed by atoms with E-state index in [0.29, 0.717) is 18.2 Å². The highest BCUT2D eigenvalue weighted by Gasteiger charge is 2.43. The average molecular weight is 322 g/mol. The summed E-state index contributed by atoms with van der Waals surface area (Å²) in [5, 5.41) is 14.9. The van der Waals surface area contributed by atoms with E-state index in [2.05, 4.69) is 34.3 Å². The summed E-state index contributed by atoms with van der Waals surface area (Å²) in [5.74, 6) is 0.416. The highest BCUT2D eigenvalue weighted by atomic mass is 16.2. The predicted molar refractivity (Wildman–Crippen MR) is 88.8 cm³/mol. The molecule has 0 fully saturated rings. The van der Waals surface area contributed by atoms with E-state index >= 15 is 0 Å². The van der Waals surface area contributed by atoms with E-state index in [9.17, 15) is 4.79 Å². The number of allylic oxidation sites excluding steroid dienone is 1. The zero-order valence-electron chi connectivity index (χ0n) is 13.4. The zero-order valence-corrected chi connectivity index (χ0v) is 13.4. The number of tetrazole rings is 1. The molecule has 0 bridgehead atoms. The van der Waals surface area contributed by atoms with E-state index in [4.69, 9.17) is 0 Å². The van der Waals surface area contributed by atoms with Crippen LogP contribution in [0.1, 0.15) is 31.4 Å². The summed E-state index contributed by atoms with van der Waals surface area (Å²) in [6, 6.07) is 9.67. The van der Waals surface area contributed by atoms with E-state index in [-0.39, 0.29) is 11.9 Å². The molecule has 2 aliphatic heterocycles. The molecule has 1 amide bonds. The van der Waals surface area contributed by atoms with Gasteiger partial charge in [-0.2, -0.15) is 4.68 Å². The Balaban J connectivity index is 1.82. The molecule has 3 heterocycles. The van der Waals surface area contributed by atoms with Crippen LogP contribution in [0.4, 0.5) is 5.95 Å². The fourth-order valence-corrected chi connectivity index (χ4v) is 3.26. The average Bonchev–Trinajstić information content (AvgIpc) is 3.16. The molecule has 1 N–H and O–H groups in total. The van der Waals surface area contributed by atoms with Crippen molar-refractivity contribution in [3.8, 4) is 0 Å². The number of fused-ring (bicyclic) bond motifs is 1. The molecule has 0 unspecified atom stereocenters. The lowest BCUT2D eigenvalue weighted by Crippen LogP contribution is -2.28. The number of amides is 1. The summed E-state index contributed by atoms with van der Waals surface area (Å²) >= 11 is 0. The highest BCUT2D eigenvalue weighted by molar-refractivity contribution is 6.03. The molecule has 7 nitrogen and oxygen atoms in total. The van der Waals surface area contributed by atoms with Crippen LogP contribution >= 0.6 is 0 Å². The number of unbranched alkanes of at least 4 members (excludes halogenated alkanes) is 1. The lowest BCUT2D eigenvalue weighted by molar-refractivity contribution is -0.124. The molecular weight excluding hydrogens is 304 g/mol. The SMILES string of the molecule is C=C1C2=C(Nc3nnnn3[C@@H]2c2ccccc2)C(=O)N1CCCC. The molecule has 1 aromatic heterocycles. The Morgan fingerprint density at radius 3 is 2.83 bits per heavy atom. The maximum atomic E-state index is 12.8. The fraction of sp³-hybridized carbons (Fsp3) is 0.294. The number of nitrogens with one attached hydrogen (secondary N) is 1. The van der Waals surface area contributed by atoms with Gasteiger partial charge in [-0.15, -0.1) is 0 Å². The van der Waals surface area contributed by atoms with Crippen LogP contribution in [0, 0.1) is 0 Å². The van der Waals surface area contributed by atoms with Gasteiger partial charge in [-0.05, 0) is 22.4 Å². The summed E-state index contributed by atoms with van der Waals surface area (Å²) in [7, 11) is 0. The third kappa shape index (κ3) is 2.05. The number of aromatic nitrogens is 4. The zero-order chi connectivity index (χ0) is 16.7. The van der Waals surface area contributed by atoms with E-state index in [1.165, 1.54) is 0 Å². The lowest BCUT2D eigenvalue weighted by Gasteiger charge is -2.26. The van der Waals surface area contributed by atoms with Crippen molar-refractivity contribution >= 4 is 11.9 Å². The third-order valence-electron chi connectivity index (χ3n) is 4.46. The van der Waals surface area contributed by atoms with Crippen LogP contribution < -0.4 is 5.32 Å². The summed E-state index contributed by atoms with van der Waals surface area (Å²) in [4.78, 5) is 14.6. The Hall–Kier alpha value is -2.96. The molecule has 0 radical (unpaired) electrons. The van der Waals surface area contributed by atoms with Gasteiger partial charge in [-0.25, -0.2) is 0 Å². The molecule has 0 spiro atoms. The van der Waals surface area contributed by atoms with Crippen molar-refractivity contribution in [2.24, 2.45) is 0 Å². The number of hydrogen-bond acceptors (Lipinski definition) is 5. The van der Waals surface area contributed by atoms with E-state index in [1.807, 2.05) is 30.3 Å². The predicted octanol–water partition coefficient (Wildman–Crippen LogP) is 2.10. The quantitative estimate of drug-likeness (QED) is 0.933.